The van der Waals surface area contributed by atoms with Gasteiger partial charge in [-0.1, -0.05) is 0 Å². The van der Waals surface area contributed by atoms with E-state index in [4.69, 9.17) is 5.73 Å². The third kappa shape index (κ3) is 2.04. The summed E-state index contributed by atoms with van der Waals surface area (Å²) in [6.07, 6.45) is 2.59. The highest BCUT2D eigenvalue weighted by Crippen LogP contribution is 2.38. The van der Waals surface area contributed by atoms with E-state index in [9.17, 15) is 0 Å². The SMILES string of the molecule is Cc1ccsc1C(CN)N1CCCC1(C)C. The predicted octanol–water partition coefficient (Wildman–Crippen LogP) is 2.93. The van der Waals surface area contributed by atoms with Crippen molar-refractivity contribution in [3.8, 4) is 0 Å². The van der Waals surface area contributed by atoms with E-state index < -0.39 is 0 Å². The molecule has 0 amide bonds. The number of thiophene rings is 1. The first-order valence-corrected chi connectivity index (χ1v) is 6.95. The molecule has 2 N–H and O–H groups in total. The van der Waals surface area contributed by atoms with Gasteiger partial charge in [-0.25, -0.2) is 0 Å². The van der Waals surface area contributed by atoms with E-state index in [0.717, 1.165) is 6.54 Å². The van der Waals surface area contributed by atoms with Gasteiger partial charge in [-0.15, -0.1) is 11.3 Å². The second-order valence-electron chi connectivity index (χ2n) is 5.33. The number of aryl methyl sites for hydroxylation is 1. The van der Waals surface area contributed by atoms with Crippen LogP contribution in [0.5, 0.6) is 0 Å². The Labute approximate surface area is 102 Å². The van der Waals surface area contributed by atoms with Crippen LogP contribution in [0.4, 0.5) is 0 Å². The molecule has 3 heteroatoms. The first-order valence-electron chi connectivity index (χ1n) is 6.07. The number of nitrogens with two attached hydrogens (primary N) is 1. The Bertz CT molecular complexity index is 357. The fourth-order valence-electron chi connectivity index (χ4n) is 2.81. The first kappa shape index (κ1) is 12.1. The van der Waals surface area contributed by atoms with Crippen LogP contribution < -0.4 is 5.73 Å². The van der Waals surface area contributed by atoms with Gasteiger partial charge in [0.1, 0.15) is 0 Å². The summed E-state index contributed by atoms with van der Waals surface area (Å²) in [4.78, 5) is 4.05. The molecule has 1 fully saturated rings. The summed E-state index contributed by atoms with van der Waals surface area (Å²) in [6.45, 7) is 8.78. The number of likely N-dealkylation sites (tertiary alicyclic amines) is 1. The molecule has 0 aliphatic carbocycles. The van der Waals surface area contributed by atoms with E-state index in [1.165, 1.54) is 29.8 Å². The third-order valence-corrected chi connectivity index (χ3v) is 4.89. The summed E-state index contributed by atoms with van der Waals surface area (Å²) in [7, 11) is 0. The van der Waals surface area contributed by atoms with Gasteiger partial charge in [0, 0.05) is 17.0 Å². The Kier molecular flexibility index (Phi) is 3.38. The average Bonchev–Trinajstić information content (AvgIpc) is 2.77. The van der Waals surface area contributed by atoms with Crippen molar-refractivity contribution in [1.82, 2.24) is 4.90 Å². The molecule has 2 nitrogen and oxygen atoms in total. The molecule has 1 unspecified atom stereocenters. The second kappa shape index (κ2) is 4.47. The molecule has 90 valence electrons. The smallest absolute Gasteiger partial charge is 0.0571 e. The molecule has 1 saturated heterocycles. The Hall–Kier alpha value is -0.380. The molecule has 1 aromatic rings. The zero-order valence-electron chi connectivity index (χ0n) is 10.5. The fraction of sp³-hybridized carbons (Fsp3) is 0.692. The van der Waals surface area contributed by atoms with Crippen LogP contribution in [0.15, 0.2) is 11.4 Å². The van der Waals surface area contributed by atoms with Crippen molar-refractivity contribution in [2.45, 2.75) is 45.2 Å². The first-order chi connectivity index (χ1) is 7.56. The van der Waals surface area contributed by atoms with Crippen LogP contribution in [-0.4, -0.2) is 23.5 Å². The minimum atomic E-state index is 0.306. The van der Waals surface area contributed by atoms with Crippen LogP contribution in [0.2, 0.25) is 0 Å². The molecule has 0 bridgehead atoms. The number of rotatable bonds is 3. The molecular formula is C13H22N2S. The number of hydrogen-bond donors (Lipinski definition) is 1. The lowest BCUT2D eigenvalue weighted by atomic mass is 9.99. The molecule has 1 aromatic heterocycles. The van der Waals surface area contributed by atoms with Crippen LogP contribution in [0, 0.1) is 6.92 Å². The molecule has 1 atom stereocenters. The lowest BCUT2D eigenvalue weighted by Gasteiger charge is -2.38. The predicted molar refractivity (Wildman–Crippen MR) is 70.9 cm³/mol. The van der Waals surface area contributed by atoms with Crippen LogP contribution in [-0.2, 0) is 0 Å². The summed E-state index contributed by atoms with van der Waals surface area (Å²) < 4.78 is 0. The number of nitrogens with zero attached hydrogens (tertiary/aromatic N) is 1. The van der Waals surface area contributed by atoms with Gasteiger partial charge < -0.3 is 5.73 Å². The van der Waals surface area contributed by atoms with Gasteiger partial charge in [0.05, 0.1) is 6.04 Å². The molecule has 1 aliphatic heterocycles. The highest BCUT2D eigenvalue weighted by atomic mass is 32.1. The summed E-state index contributed by atoms with van der Waals surface area (Å²) in [5.74, 6) is 0. The van der Waals surface area contributed by atoms with Crippen molar-refractivity contribution in [1.29, 1.82) is 0 Å². The van der Waals surface area contributed by atoms with Gasteiger partial charge in [-0.05, 0) is 57.2 Å². The van der Waals surface area contributed by atoms with Gasteiger partial charge in [-0.2, -0.15) is 0 Å². The molecule has 2 heterocycles. The zero-order valence-corrected chi connectivity index (χ0v) is 11.3. The van der Waals surface area contributed by atoms with Gasteiger partial charge in [0.2, 0.25) is 0 Å². The van der Waals surface area contributed by atoms with Crippen molar-refractivity contribution in [3.05, 3.63) is 21.9 Å². The van der Waals surface area contributed by atoms with Crippen LogP contribution in [0.3, 0.4) is 0 Å². The summed E-state index contributed by atoms with van der Waals surface area (Å²) in [6, 6.07) is 2.61. The highest BCUT2D eigenvalue weighted by Gasteiger charge is 2.37. The standard InChI is InChI=1S/C13H22N2S/c1-10-5-8-16-12(10)11(9-14)15-7-4-6-13(15,2)3/h5,8,11H,4,6-7,9,14H2,1-3H3. The van der Waals surface area contributed by atoms with Gasteiger partial charge >= 0.3 is 0 Å². The monoisotopic (exact) mass is 238 g/mol. The van der Waals surface area contributed by atoms with Crippen molar-refractivity contribution in [2.24, 2.45) is 5.73 Å². The zero-order chi connectivity index (χ0) is 11.8. The topological polar surface area (TPSA) is 29.3 Å². The Morgan fingerprint density at radius 1 is 1.56 bits per heavy atom. The second-order valence-corrected chi connectivity index (χ2v) is 6.28. The van der Waals surface area contributed by atoms with Gasteiger partial charge in [0.25, 0.3) is 0 Å². The summed E-state index contributed by atoms with van der Waals surface area (Å²) >= 11 is 1.85. The van der Waals surface area contributed by atoms with E-state index in [1.54, 1.807) is 0 Å². The van der Waals surface area contributed by atoms with Gasteiger partial charge in [0.15, 0.2) is 0 Å². The maximum absolute atomic E-state index is 6.00. The average molecular weight is 238 g/mol. The molecular weight excluding hydrogens is 216 g/mol. The molecule has 0 spiro atoms. The molecule has 0 saturated carbocycles. The van der Waals surface area contributed by atoms with E-state index in [0.29, 0.717) is 11.6 Å². The maximum Gasteiger partial charge on any atom is 0.0571 e. The lowest BCUT2D eigenvalue weighted by Crippen LogP contribution is -2.43. The Balaban J connectivity index is 2.27. The maximum atomic E-state index is 6.00. The summed E-state index contributed by atoms with van der Waals surface area (Å²) in [5, 5.41) is 2.18. The molecule has 0 aromatic carbocycles. The van der Waals surface area contributed by atoms with Crippen molar-refractivity contribution in [2.75, 3.05) is 13.1 Å². The lowest BCUT2D eigenvalue weighted by molar-refractivity contribution is 0.121. The Morgan fingerprint density at radius 2 is 2.31 bits per heavy atom. The number of hydrogen-bond acceptors (Lipinski definition) is 3. The highest BCUT2D eigenvalue weighted by molar-refractivity contribution is 7.10. The van der Waals surface area contributed by atoms with E-state index in [1.807, 2.05) is 11.3 Å². The van der Waals surface area contributed by atoms with Crippen LogP contribution >= 0.6 is 11.3 Å². The molecule has 16 heavy (non-hydrogen) atoms. The van der Waals surface area contributed by atoms with Crippen LogP contribution in [0.1, 0.15) is 43.2 Å². The molecule has 1 aliphatic rings. The minimum absolute atomic E-state index is 0.306. The Morgan fingerprint density at radius 3 is 2.75 bits per heavy atom. The fourth-order valence-corrected chi connectivity index (χ4v) is 3.86. The normalized spacial score (nSPS) is 22.5. The molecule has 0 radical (unpaired) electrons. The third-order valence-electron chi connectivity index (χ3n) is 3.77. The quantitative estimate of drug-likeness (QED) is 0.877. The van der Waals surface area contributed by atoms with Crippen LogP contribution in [0.25, 0.3) is 0 Å². The van der Waals surface area contributed by atoms with Crippen molar-refractivity contribution in [3.63, 3.8) is 0 Å². The van der Waals surface area contributed by atoms with Gasteiger partial charge in [-0.3, -0.25) is 4.90 Å². The van der Waals surface area contributed by atoms with Crippen molar-refractivity contribution >= 4 is 11.3 Å². The summed E-state index contributed by atoms with van der Waals surface area (Å²) in [5.41, 5.74) is 7.70. The van der Waals surface area contributed by atoms with E-state index in [-0.39, 0.29) is 0 Å². The van der Waals surface area contributed by atoms with E-state index in [2.05, 4.69) is 37.1 Å². The minimum Gasteiger partial charge on any atom is -0.329 e. The molecule has 2 rings (SSSR count). The van der Waals surface area contributed by atoms with E-state index >= 15 is 0 Å². The largest absolute Gasteiger partial charge is 0.329 e. The van der Waals surface area contributed by atoms with Crippen molar-refractivity contribution < 1.29 is 0 Å².